The zero-order valence-corrected chi connectivity index (χ0v) is 13.2. The van der Waals surface area contributed by atoms with Crippen LogP contribution < -0.4 is 4.90 Å². The van der Waals surface area contributed by atoms with E-state index in [-0.39, 0.29) is 5.60 Å². The summed E-state index contributed by atoms with van der Waals surface area (Å²) in [4.78, 5) is 2.38. The largest absolute Gasteiger partial charge is 0.377 e. The van der Waals surface area contributed by atoms with Gasteiger partial charge < -0.3 is 9.64 Å². The van der Waals surface area contributed by atoms with Gasteiger partial charge in [-0.2, -0.15) is 0 Å². The van der Waals surface area contributed by atoms with E-state index in [1.807, 2.05) is 12.1 Å². The van der Waals surface area contributed by atoms with Crippen LogP contribution in [0.3, 0.4) is 0 Å². The molecule has 0 bridgehead atoms. The number of ether oxygens (including phenoxy) is 1. The van der Waals surface area contributed by atoms with Crippen LogP contribution >= 0.6 is 27.5 Å². The molecule has 1 aromatic carbocycles. The summed E-state index contributed by atoms with van der Waals surface area (Å²) in [5, 5.41) is 1.61. The van der Waals surface area contributed by atoms with Gasteiger partial charge in [-0.3, -0.25) is 0 Å². The highest BCUT2D eigenvalue weighted by Gasteiger charge is 2.31. The van der Waals surface area contributed by atoms with Crippen LogP contribution in [0.4, 0.5) is 5.69 Å². The predicted octanol–water partition coefficient (Wildman–Crippen LogP) is 4.24. The van der Waals surface area contributed by atoms with Crippen molar-refractivity contribution < 1.29 is 4.74 Å². The van der Waals surface area contributed by atoms with Gasteiger partial charge in [0.2, 0.25) is 0 Å². The molecule has 1 aliphatic heterocycles. The highest BCUT2D eigenvalue weighted by Crippen LogP contribution is 2.34. The van der Waals surface area contributed by atoms with Crippen LogP contribution in [-0.4, -0.2) is 25.8 Å². The highest BCUT2D eigenvalue weighted by molar-refractivity contribution is 9.08. The molecule has 4 heteroatoms. The zero-order chi connectivity index (χ0) is 13.2. The number of methoxy groups -OCH3 is 1. The van der Waals surface area contributed by atoms with Gasteiger partial charge in [-0.05, 0) is 31.9 Å². The van der Waals surface area contributed by atoms with Gasteiger partial charge in [0.25, 0.3) is 0 Å². The first-order valence-electron chi connectivity index (χ1n) is 6.23. The van der Waals surface area contributed by atoms with Crippen molar-refractivity contribution in [2.24, 2.45) is 0 Å². The molecule has 0 saturated carbocycles. The third kappa shape index (κ3) is 2.84. The monoisotopic (exact) mass is 331 g/mol. The number of piperidine rings is 1. The molecule has 0 aromatic heterocycles. The molecule has 0 amide bonds. The molecule has 1 aliphatic rings. The molecular weight excluding hydrogens is 314 g/mol. The third-order valence-electron chi connectivity index (χ3n) is 3.72. The Kier molecular flexibility index (Phi) is 4.57. The standard InChI is InChI=1S/C14H19BrClNO/c1-14(18-2)7-4-8-17(10-14)13-6-3-5-12(16)11(13)9-15/h3,5-6H,4,7-10H2,1-2H3. The van der Waals surface area contributed by atoms with E-state index in [0.717, 1.165) is 36.3 Å². The topological polar surface area (TPSA) is 12.5 Å². The summed E-state index contributed by atoms with van der Waals surface area (Å²) in [6.45, 7) is 4.17. The fraction of sp³-hybridized carbons (Fsp3) is 0.571. The summed E-state index contributed by atoms with van der Waals surface area (Å²) < 4.78 is 5.65. The first-order chi connectivity index (χ1) is 8.59. The van der Waals surface area contributed by atoms with Crippen LogP contribution in [0.1, 0.15) is 25.3 Å². The van der Waals surface area contributed by atoms with Gasteiger partial charge in [-0.15, -0.1) is 0 Å². The van der Waals surface area contributed by atoms with E-state index in [0.29, 0.717) is 0 Å². The van der Waals surface area contributed by atoms with Crippen molar-refractivity contribution >= 4 is 33.2 Å². The smallest absolute Gasteiger partial charge is 0.0825 e. The zero-order valence-electron chi connectivity index (χ0n) is 10.9. The molecule has 1 heterocycles. The van der Waals surface area contributed by atoms with E-state index in [1.54, 1.807) is 7.11 Å². The van der Waals surface area contributed by atoms with Gasteiger partial charge in [0, 0.05) is 41.8 Å². The second-order valence-corrected chi connectivity index (χ2v) is 6.02. The van der Waals surface area contributed by atoms with Crippen LogP contribution in [-0.2, 0) is 10.1 Å². The lowest BCUT2D eigenvalue weighted by Crippen LogP contribution is -2.47. The van der Waals surface area contributed by atoms with Gasteiger partial charge >= 0.3 is 0 Å². The molecule has 100 valence electrons. The van der Waals surface area contributed by atoms with Crippen molar-refractivity contribution in [3.8, 4) is 0 Å². The predicted molar refractivity (Wildman–Crippen MR) is 80.9 cm³/mol. The molecular formula is C14H19BrClNO. The third-order valence-corrected chi connectivity index (χ3v) is 4.64. The quantitative estimate of drug-likeness (QED) is 0.768. The van der Waals surface area contributed by atoms with E-state index >= 15 is 0 Å². The molecule has 1 unspecified atom stereocenters. The Bertz CT molecular complexity index is 426. The van der Waals surface area contributed by atoms with Gasteiger partial charge in [0.05, 0.1) is 5.60 Å². The molecule has 0 radical (unpaired) electrons. The van der Waals surface area contributed by atoms with E-state index in [4.69, 9.17) is 16.3 Å². The van der Waals surface area contributed by atoms with Crippen molar-refractivity contribution in [3.63, 3.8) is 0 Å². The van der Waals surface area contributed by atoms with Crippen LogP contribution in [0.15, 0.2) is 18.2 Å². The number of alkyl halides is 1. The minimum absolute atomic E-state index is 0.0514. The maximum atomic E-state index is 6.27. The van der Waals surface area contributed by atoms with E-state index in [9.17, 15) is 0 Å². The molecule has 1 fully saturated rings. The maximum absolute atomic E-state index is 6.27. The lowest BCUT2D eigenvalue weighted by Gasteiger charge is -2.41. The summed E-state index contributed by atoms with van der Waals surface area (Å²) in [6.07, 6.45) is 2.27. The van der Waals surface area contributed by atoms with Crippen molar-refractivity contribution in [2.45, 2.75) is 30.7 Å². The average Bonchev–Trinajstić information content (AvgIpc) is 2.38. The van der Waals surface area contributed by atoms with Crippen LogP contribution in [0.5, 0.6) is 0 Å². The molecule has 0 N–H and O–H groups in total. The highest BCUT2D eigenvalue weighted by atomic mass is 79.9. The molecule has 0 spiro atoms. The number of hydrogen-bond acceptors (Lipinski definition) is 2. The molecule has 1 aromatic rings. The average molecular weight is 333 g/mol. The SMILES string of the molecule is COC1(C)CCCN(c2cccc(Cl)c2CBr)C1. The summed E-state index contributed by atoms with van der Waals surface area (Å²) in [5.41, 5.74) is 2.34. The number of rotatable bonds is 3. The minimum Gasteiger partial charge on any atom is -0.377 e. The summed E-state index contributed by atoms with van der Waals surface area (Å²) in [5.74, 6) is 0. The van der Waals surface area contributed by atoms with Crippen molar-refractivity contribution in [1.29, 1.82) is 0 Å². The number of benzene rings is 1. The normalized spacial score (nSPS) is 24.3. The van der Waals surface area contributed by atoms with Gasteiger partial charge in [0.15, 0.2) is 0 Å². The van der Waals surface area contributed by atoms with Gasteiger partial charge in [0.1, 0.15) is 0 Å². The Labute approximate surface area is 122 Å². The number of halogens is 2. The van der Waals surface area contributed by atoms with Crippen LogP contribution in [0.25, 0.3) is 0 Å². The first-order valence-corrected chi connectivity index (χ1v) is 7.73. The lowest BCUT2D eigenvalue weighted by molar-refractivity contribution is -0.00467. The molecule has 2 nitrogen and oxygen atoms in total. The first kappa shape index (κ1) is 14.2. The second kappa shape index (κ2) is 5.81. The lowest BCUT2D eigenvalue weighted by atomic mass is 9.94. The minimum atomic E-state index is -0.0514. The molecule has 1 saturated heterocycles. The van der Waals surface area contributed by atoms with E-state index < -0.39 is 0 Å². The number of hydrogen-bond donors (Lipinski definition) is 0. The molecule has 1 atom stereocenters. The van der Waals surface area contributed by atoms with E-state index in [1.165, 1.54) is 11.3 Å². The summed E-state index contributed by atoms with van der Waals surface area (Å²) in [6, 6.07) is 6.10. The second-order valence-electron chi connectivity index (χ2n) is 5.05. The molecule has 2 rings (SSSR count). The molecule has 0 aliphatic carbocycles. The maximum Gasteiger partial charge on any atom is 0.0825 e. The van der Waals surface area contributed by atoms with Crippen molar-refractivity contribution in [1.82, 2.24) is 0 Å². The number of anilines is 1. The Hall–Kier alpha value is -0.250. The Morgan fingerprint density at radius 2 is 2.28 bits per heavy atom. The summed E-state index contributed by atoms with van der Waals surface area (Å²) >= 11 is 9.79. The number of nitrogens with zero attached hydrogens (tertiary/aromatic N) is 1. The Balaban J connectivity index is 2.29. The van der Waals surface area contributed by atoms with Gasteiger partial charge in [-0.1, -0.05) is 33.6 Å². The van der Waals surface area contributed by atoms with Crippen molar-refractivity contribution in [3.05, 3.63) is 28.8 Å². The van der Waals surface area contributed by atoms with Crippen LogP contribution in [0.2, 0.25) is 5.02 Å². The van der Waals surface area contributed by atoms with Crippen LogP contribution in [0, 0.1) is 0 Å². The fourth-order valence-electron chi connectivity index (χ4n) is 2.55. The fourth-order valence-corrected chi connectivity index (χ4v) is 3.54. The van der Waals surface area contributed by atoms with Gasteiger partial charge in [-0.25, -0.2) is 0 Å². The Morgan fingerprint density at radius 3 is 2.94 bits per heavy atom. The van der Waals surface area contributed by atoms with E-state index in [2.05, 4.69) is 33.8 Å². The van der Waals surface area contributed by atoms with Crippen molar-refractivity contribution in [2.75, 3.05) is 25.1 Å². The Morgan fingerprint density at radius 1 is 1.50 bits per heavy atom. The summed E-state index contributed by atoms with van der Waals surface area (Å²) in [7, 11) is 1.80. The molecule has 18 heavy (non-hydrogen) atoms.